The number of hydrogen-bond donors (Lipinski definition) is 0. The van der Waals surface area contributed by atoms with Crippen LogP contribution in [0, 0.1) is 16.7 Å². The number of nitriles is 1. The van der Waals surface area contributed by atoms with Crippen molar-refractivity contribution >= 4 is 17.7 Å². The molecule has 0 radical (unpaired) electrons. The maximum Gasteiger partial charge on any atom is 0.414 e. The van der Waals surface area contributed by atoms with Gasteiger partial charge < -0.3 is 19.4 Å². The van der Waals surface area contributed by atoms with Crippen molar-refractivity contribution in [2.45, 2.75) is 51.9 Å². The Kier molecular flexibility index (Phi) is 6.64. The van der Waals surface area contributed by atoms with Crippen molar-refractivity contribution in [2.75, 3.05) is 31.1 Å². The highest BCUT2D eigenvalue weighted by Gasteiger charge is 2.40. The number of amides is 1. The Morgan fingerprint density at radius 3 is 2.63 bits per heavy atom. The predicted molar refractivity (Wildman–Crippen MR) is 108 cm³/mol. The lowest BCUT2D eigenvalue weighted by atomic mass is 9.79. The number of anilines is 1. The first-order valence-corrected chi connectivity index (χ1v) is 10.2. The molecule has 30 heavy (non-hydrogen) atoms. The number of nitrogens with zero attached hydrogens (tertiary/aromatic N) is 3. The Labute approximate surface area is 177 Å². The maximum absolute atomic E-state index is 12.4. The first-order chi connectivity index (χ1) is 14.2. The van der Waals surface area contributed by atoms with Gasteiger partial charge in [0.2, 0.25) is 0 Å². The molecular weight excluding hydrogens is 386 g/mol. The van der Waals surface area contributed by atoms with Gasteiger partial charge in [0.05, 0.1) is 36.9 Å². The van der Waals surface area contributed by atoms with Crippen LogP contribution in [0.5, 0.6) is 0 Å². The molecule has 0 aromatic heterocycles. The van der Waals surface area contributed by atoms with Gasteiger partial charge in [-0.25, -0.2) is 4.79 Å². The lowest BCUT2D eigenvalue weighted by molar-refractivity contribution is -0.311. The number of carboxylic acids is 1. The van der Waals surface area contributed by atoms with Crippen LogP contribution in [0.4, 0.5) is 10.5 Å². The highest BCUT2D eigenvalue weighted by molar-refractivity contribution is 5.89. The van der Waals surface area contributed by atoms with Crippen LogP contribution in [0.2, 0.25) is 0 Å². The molecule has 8 nitrogen and oxygen atoms in total. The highest BCUT2D eigenvalue weighted by atomic mass is 16.6. The molecule has 2 aliphatic rings. The number of carbonyl (C=O) groups is 2. The minimum absolute atomic E-state index is 0.0427. The van der Waals surface area contributed by atoms with Gasteiger partial charge in [0.15, 0.2) is 0 Å². The predicted octanol–water partition coefficient (Wildman–Crippen LogP) is 1.53. The molecule has 0 N–H and O–H groups in total. The molecule has 2 heterocycles. The van der Waals surface area contributed by atoms with Gasteiger partial charge in [-0.1, -0.05) is 20.8 Å². The molecule has 3 unspecified atom stereocenters. The van der Waals surface area contributed by atoms with Crippen LogP contribution in [-0.2, 0) is 14.3 Å². The zero-order valence-electron chi connectivity index (χ0n) is 17.7. The number of cyclic esters (lactones) is 1. The third kappa shape index (κ3) is 5.29. The third-order valence-electron chi connectivity index (χ3n) is 5.72. The topological polar surface area (TPSA) is 106 Å². The summed E-state index contributed by atoms with van der Waals surface area (Å²) in [7, 11) is 0. The van der Waals surface area contributed by atoms with Crippen molar-refractivity contribution in [3.63, 3.8) is 0 Å². The number of likely N-dealkylation sites (tertiary alicyclic amines) is 1. The normalized spacial score (nSPS) is 25.1. The molecule has 162 valence electrons. The van der Waals surface area contributed by atoms with Crippen LogP contribution in [0.25, 0.3) is 0 Å². The van der Waals surface area contributed by atoms with Crippen LogP contribution < -0.4 is 10.0 Å². The van der Waals surface area contributed by atoms with Crippen LogP contribution >= 0.6 is 0 Å². The second-order valence-electron chi connectivity index (χ2n) is 8.98. The molecule has 1 aromatic carbocycles. The number of benzene rings is 1. The van der Waals surface area contributed by atoms with Crippen molar-refractivity contribution in [1.82, 2.24) is 4.90 Å². The largest absolute Gasteiger partial charge is 0.548 e. The fraction of sp³-hybridized carbons (Fsp3) is 0.591. The SMILES string of the molecule is CC(C)(C)C1CC(OCC(=O)[O-])CCN1CC1CN(c2ccc(C#N)cc2)C(=O)O1. The van der Waals surface area contributed by atoms with Gasteiger partial charge in [-0.05, 0) is 42.5 Å². The summed E-state index contributed by atoms with van der Waals surface area (Å²) in [6.45, 7) is 7.85. The first kappa shape index (κ1) is 22.1. The maximum atomic E-state index is 12.4. The number of piperidine rings is 1. The zero-order chi connectivity index (χ0) is 21.9. The van der Waals surface area contributed by atoms with E-state index in [1.54, 1.807) is 29.2 Å². The number of carboxylic acid groups (broad SMARTS) is 1. The number of hydrogen-bond acceptors (Lipinski definition) is 7. The molecule has 1 amide bonds. The summed E-state index contributed by atoms with van der Waals surface area (Å²) in [4.78, 5) is 27.0. The molecule has 2 saturated heterocycles. The van der Waals surface area contributed by atoms with E-state index in [1.165, 1.54) is 0 Å². The minimum Gasteiger partial charge on any atom is -0.548 e. The fourth-order valence-electron chi connectivity index (χ4n) is 4.24. The summed E-state index contributed by atoms with van der Waals surface area (Å²) in [5, 5.41) is 19.7. The average Bonchev–Trinajstić information content (AvgIpc) is 3.06. The third-order valence-corrected chi connectivity index (χ3v) is 5.72. The lowest BCUT2D eigenvalue weighted by Gasteiger charge is -2.46. The van der Waals surface area contributed by atoms with Crippen molar-refractivity contribution in [1.29, 1.82) is 5.26 Å². The minimum atomic E-state index is -1.20. The Balaban J connectivity index is 1.63. The van der Waals surface area contributed by atoms with Crippen LogP contribution in [0.3, 0.4) is 0 Å². The lowest BCUT2D eigenvalue weighted by Crippen LogP contribution is -2.53. The second kappa shape index (κ2) is 9.02. The Morgan fingerprint density at radius 1 is 1.33 bits per heavy atom. The molecule has 1 aromatic rings. The molecule has 0 spiro atoms. The van der Waals surface area contributed by atoms with E-state index in [-0.39, 0.29) is 36.4 Å². The molecule has 3 atom stereocenters. The average molecular weight is 414 g/mol. The Hall–Kier alpha value is -2.63. The zero-order valence-corrected chi connectivity index (χ0v) is 17.7. The first-order valence-electron chi connectivity index (χ1n) is 10.2. The van der Waals surface area contributed by atoms with Crippen LogP contribution in [0.15, 0.2) is 24.3 Å². The smallest absolute Gasteiger partial charge is 0.414 e. The van der Waals surface area contributed by atoms with Gasteiger partial charge in [0.1, 0.15) is 6.10 Å². The van der Waals surface area contributed by atoms with E-state index in [4.69, 9.17) is 14.7 Å². The van der Waals surface area contributed by atoms with E-state index < -0.39 is 5.97 Å². The summed E-state index contributed by atoms with van der Waals surface area (Å²) in [6.07, 6.45) is 0.670. The van der Waals surface area contributed by atoms with Crippen molar-refractivity contribution in [2.24, 2.45) is 5.41 Å². The monoisotopic (exact) mass is 414 g/mol. The number of ether oxygens (including phenoxy) is 2. The molecular formula is C22H28N3O5-. The quantitative estimate of drug-likeness (QED) is 0.695. The van der Waals surface area contributed by atoms with Gasteiger partial charge in [-0.2, -0.15) is 5.26 Å². The fourth-order valence-corrected chi connectivity index (χ4v) is 4.24. The molecule has 0 saturated carbocycles. The summed E-state index contributed by atoms with van der Waals surface area (Å²) >= 11 is 0. The summed E-state index contributed by atoms with van der Waals surface area (Å²) < 4.78 is 11.1. The van der Waals surface area contributed by atoms with E-state index in [1.807, 2.05) is 0 Å². The van der Waals surface area contributed by atoms with Gasteiger partial charge in [-0.15, -0.1) is 0 Å². The number of rotatable bonds is 6. The second-order valence-corrected chi connectivity index (χ2v) is 8.98. The number of carbonyl (C=O) groups excluding carboxylic acids is 2. The standard InChI is InChI=1S/C22H29N3O5/c1-22(2,3)19-10-17(29-14-20(26)27)8-9-24(19)12-18-13-25(21(28)30-18)16-6-4-15(11-23)5-7-16/h4-7,17-19H,8-10,12-14H2,1-3H3,(H,26,27)/p-1. The molecule has 2 aliphatic heterocycles. The Bertz CT molecular complexity index is 812. The molecule has 0 aliphatic carbocycles. The van der Waals surface area contributed by atoms with Crippen molar-refractivity contribution in [3.05, 3.63) is 29.8 Å². The molecule has 2 fully saturated rings. The van der Waals surface area contributed by atoms with E-state index in [9.17, 15) is 14.7 Å². The van der Waals surface area contributed by atoms with E-state index in [0.717, 1.165) is 19.4 Å². The molecule has 3 rings (SSSR count). The van der Waals surface area contributed by atoms with Gasteiger partial charge in [0.25, 0.3) is 0 Å². The molecule has 8 heteroatoms. The summed E-state index contributed by atoms with van der Waals surface area (Å²) in [5.74, 6) is -1.20. The van der Waals surface area contributed by atoms with Gasteiger partial charge >= 0.3 is 6.09 Å². The molecule has 0 bridgehead atoms. The van der Waals surface area contributed by atoms with Gasteiger partial charge in [-0.3, -0.25) is 9.80 Å². The number of aliphatic carboxylic acids is 1. The van der Waals surface area contributed by atoms with Crippen LogP contribution in [-0.4, -0.2) is 61.5 Å². The van der Waals surface area contributed by atoms with Gasteiger partial charge in [0, 0.05) is 24.8 Å². The summed E-state index contributed by atoms with van der Waals surface area (Å²) in [5.41, 5.74) is 1.21. The van der Waals surface area contributed by atoms with E-state index in [2.05, 4.69) is 31.7 Å². The van der Waals surface area contributed by atoms with E-state index in [0.29, 0.717) is 24.3 Å². The van der Waals surface area contributed by atoms with Crippen molar-refractivity contribution < 1.29 is 24.2 Å². The summed E-state index contributed by atoms with van der Waals surface area (Å²) in [6, 6.07) is 9.10. The highest BCUT2D eigenvalue weighted by Crippen LogP contribution is 2.34. The van der Waals surface area contributed by atoms with Crippen molar-refractivity contribution in [3.8, 4) is 6.07 Å². The van der Waals surface area contributed by atoms with E-state index >= 15 is 0 Å². The van der Waals surface area contributed by atoms with Crippen LogP contribution in [0.1, 0.15) is 39.2 Å². The Morgan fingerprint density at radius 2 is 2.03 bits per heavy atom.